The molecule has 1 atom stereocenters. The minimum absolute atomic E-state index is 0.139. The van der Waals surface area contributed by atoms with Crippen LogP contribution < -0.4 is 11.1 Å². The van der Waals surface area contributed by atoms with Crippen molar-refractivity contribution in [2.75, 3.05) is 6.54 Å². The molecule has 1 fully saturated rings. The SMILES string of the molecule is NC[C@@H]1CCC(=O)N1. The molecule has 0 bridgehead atoms. The Labute approximate surface area is 48.2 Å². The Morgan fingerprint density at radius 2 is 2.62 bits per heavy atom. The average Bonchev–Trinajstić information content (AvgIpc) is 2.14. The highest BCUT2D eigenvalue weighted by atomic mass is 16.1. The van der Waals surface area contributed by atoms with Gasteiger partial charge >= 0.3 is 0 Å². The number of hydrogen-bond acceptors (Lipinski definition) is 2. The molecule has 0 saturated carbocycles. The summed E-state index contributed by atoms with van der Waals surface area (Å²) in [6, 6.07) is 0.252. The molecule has 3 heteroatoms. The molecule has 8 heavy (non-hydrogen) atoms. The largest absolute Gasteiger partial charge is 0.352 e. The number of nitrogens with two attached hydrogens (primary N) is 1. The third-order valence-corrected chi connectivity index (χ3v) is 1.37. The Bertz CT molecular complexity index is 103. The summed E-state index contributed by atoms with van der Waals surface area (Å²) in [6.07, 6.45) is 1.57. The Kier molecular flexibility index (Phi) is 1.48. The van der Waals surface area contributed by atoms with Gasteiger partial charge in [0.15, 0.2) is 0 Å². The first-order chi connectivity index (χ1) is 3.83. The van der Waals surface area contributed by atoms with Gasteiger partial charge in [0.1, 0.15) is 0 Å². The quantitative estimate of drug-likeness (QED) is 0.470. The van der Waals surface area contributed by atoms with Crippen LogP contribution in [0.2, 0.25) is 0 Å². The van der Waals surface area contributed by atoms with Gasteiger partial charge in [-0.3, -0.25) is 4.79 Å². The molecule has 0 aromatic heterocycles. The van der Waals surface area contributed by atoms with Gasteiger partial charge in [-0.1, -0.05) is 0 Å². The second kappa shape index (κ2) is 2.13. The topological polar surface area (TPSA) is 55.1 Å². The smallest absolute Gasteiger partial charge is 0.220 e. The van der Waals surface area contributed by atoms with E-state index >= 15 is 0 Å². The number of carbonyl (C=O) groups is 1. The Morgan fingerprint density at radius 1 is 1.88 bits per heavy atom. The van der Waals surface area contributed by atoms with Crippen molar-refractivity contribution in [2.45, 2.75) is 18.9 Å². The number of amides is 1. The van der Waals surface area contributed by atoms with Crippen molar-refractivity contribution in [3.63, 3.8) is 0 Å². The molecule has 0 aromatic carbocycles. The number of hydrogen-bond donors (Lipinski definition) is 2. The van der Waals surface area contributed by atoms with Gasteiger partial charge in [0.2, 0.25) is 5.91 Å². The normalized spacial score (nSPS) is 28.1. The van der Waals surface area contributed by atoms with Crippen molar-refractivity contribution >= 4 is 5.91 Å². The second-order valence-electron chi connectivity index (χ2n) is 2.04. The molecule has 1 aliphatic rings. The maximum absolute atomic E-state index is 10.4. The molecule has 0 aliphatic carbocycles. The Hall–Kier alpha value is -0.570. The van der Waals surface area contributed by atoms with E-state index in [1.54, 1.807) is 0 Å². The molecule has 3 N–H and O–H groups in total. The van der Waals surface area contributed by atoms with Crippen LogP contribution in [-0.4, -0.2) is 18.5 Å². The van der Waals surface area contributed by atoms with E-state index in [1.807, 2.05) is 0 Å². The van der Waals surface area contributed by atoms with Crippen LogP contribution in [0.3, 0.4) is 0 Å². The van der Waals surface area contributed by atoms with Gasteiger partial charge in [0, 0.05) is 19.0 Å². The van der Waals surface area contributed by atoms with E-state index in [1.165, 1.54) is 0 Å². The second-order valence-corrected chi connectivity index (χ2v) is 2.04. The van der Waals surface area contributed by atoms with E-state index in [0.29, 0.717) is 13.0 Å². The highest BCUT2D eigenvalue weighted by Crippen LogP contribution is 2.03. The van der Waals surface area contributed by atoms with Gasteiger partial charge < -0.3 is 11.1 Å². The minimum atomic E-state index is 0.139. The van der Waals surface area contributed by atoms with Crippen LogP contribution in [0.1, 0.15) is 12.8 Å². The fraction of sp³-hybridized carbons (Fsp3) is 0.800. The van der Waals surface area contributed by atoms with Gasteiger partial charge in [-0.2, -0.15) is 0 Å². The fourth-order valence-electron chi connectivity index (χ4n) is 0.854. The van der Waals surface area contributed by atoms with Crippen LogP contribution in [0.15, 0.2) is 0 Å². The summed E-state index contributed by atoms with van der Waals surface area (Å²) in [5.74, 6) is 0.139. The molecule has 3 nitrogen and oxygen atoms in total. The van der Waals surface area contributed by atoms with Crippen molar-refractivity contribution in [3.8, 4) is 0 Å². The summed E-state index contributed by atoms with van der Waals surface area (Å²) in [5.41, 5.74) is 5.28. The first-order valence-corrected chi connectivity index (χ1v) is 2.82. The third kappa shape index (κ3) is 0.980. The first kappa shape index (κ1) is 5.56. The van der Waals surface area contributed by atoms with Crippen LogP contribution in [0.25, 0.3) is 0 Å². The molecular weight excluding hydrogens is 104 g/mol. The van der Waals surface area contributed by atoms with Crippen molar-refractivity contribution < 1.29 is 4.79 Å². The van der Waals surface area contributed by atoms with Crippen LogP contribution in [-0.2, 0) is 4.79 Å². The van der Waals surface area contributed by atoms with Crippen molar-refractivity contribution in [1.29, 1.82) is 0 Å². The van der Waals surface area contributed by atoms with Crippen LogP contribution in [0.5, 0.6) is 0 Å². The zero-order chi connectivity index (χ0) is 5.98. The van der Waals surface area contributed by atoms with E-state index in [4.69, 9.17) is 5.73 Å². The molecule has 0 aromatic rings. The highest BCUT2D eigenvalue weighted by Gasteiger charge is 2.17. The summed E-state index contributed by atoms with van der Waals surface area (Å²) in [7, 11) is 0. The molecule has 1 rings (SSSR count). The van der Waals surface area contributed by atoms with E-state index in [2.05, 4.69) is 5.32 Å². The van der Waals surface area contributed by atoms with Gasteiger partial charge in [-0.15, -0.1) is 0 Å². The van der Waals surface area contributed by atoms with Crippen LogP contribution in [0, 0.1) is 0 Å². The van der Waals surface area contributed by atoms with E-state index < -0.39 is 0 Å². The van der Waals surface area contributed by atoms with Gasteiger partial charge in [-0.25, -0.2) is 0 Å². The highest BCUT2D eigenvalue weighted by molar-refractivity contribution is 5.78. The Balaban J connectivity index is 2.32. The molecule has 1 aliphatic heterocycles. The van der Waals surface area contributed by atoms with Gasteiger partial charge in [0.25, 0.3) is 0 Å². The maximum Gasteiger partial charge on any atom is 0.220 e. The number of nitrogens with one attached hydrogen (secondary N) is 1. The lowest BCUT2D eigenvalue weighted by Crippen LogP contribution is -2.32. The molecule has 0 radical (unpaired) electrons. The minimum Gasteiger partial charge on any atom is -0.352 e. The lowest BCUT2D eigenvalue weighted by molar-refractivity contribution is -0.119. The predicted octanol–water partition coefficient (Wildman–Crippen LogP) is -0.776. The summed E-state index contributed by atoms with van der Waals surface area (Å²) in [5, 5.41) is 2.74. The van der Waals surface area contributed by atoms with Crippen LogP contribution >= 0.6 is 0 Å². The van der Waals surface area contributed by atoms with E-state index in [9.17, 15) is 4.79 Å². The van der Waals surface area contributed by atoms with Crippen molar-refractivity contribution in [2.24, 2.45) is 5.73 Å². The molecule has 1 saturated heterocycles. The average molecular weight is 114 g/mol. The van der Waals surface area contributed by atoms with Crippen molar-refractivity contribution in [1.82, 2.24) is 5.32 Å². The molecular formula is C5H10N2O. The van der Waals surface area contributed by atoms with E-state index in [0.717, 1.165) is 6.42 Å². The van der Waals surface area contributed by atoms with E-state index in [-0.39, 0.29) is 11.9 Å². The standard InChI is InChI=1S/C5H10N2O/c6-3-4-1-2-5(8)7-4/h4H,1-3,6H2,(H,7,8)/t4-/m0/s1. The third-order valence-electron chi connectivity index (χ3n) is 1.37. The van der Waals surface area contributed by atoms with Crippen LogP contribution in [0.4, 0.5) is 0 Å². The lowest BCUT2D eigenvalue weighted by atomic mass is 10.2. The van der Waals surface area contributed by atoms with Crippen molar-refractivity contribution in [3.05, 3.63) is 0 Å². The zero-order valence-electron chi connectivity index (χ0n) is 4.68. The molecule has 1 amide bonds. The summed E-state index contributed by atoms with van der Waals surface area (Å²) in [4.78, 5) is 10.4. The summed E-state index contributed by atoms with van der Waals surface area (Å²) < 4.78 is 0. The fourth-order valence-corrected chi connectivity index (χ4v) is 0.854. The van der Waals surface area contributed by atoms with Gasteiger partial charge in [0.05, 0.1) is 0 Å². The summed E-state index contributed by atoms with van der Waals surface area (Å²) in [6.45, 7) is 0.575. The molecule has 46 valence electrons. The zero-order valence-corrected chi connectivity index (χ0v) is 4.68. The summed E-state index contributed by atoms with van der Waals surface area (Å²) >= 11 is 0. The molecule has 0 unspecified atom stereocenters. The first-order valence-electron chi connectivity index (χ1n) is 2.82. The molecule has 1 heterocycles. The maximum atomic E-state index is 10.4. The predicted molar refractivity (Wildman–Crippen MR) is 30.2 cm³/mol. The Morgan fingerprint density at radius 3 is 2.88 bits per heavy atom. The number of carbonyl (C=O) groups excluding carboxylic acids is 1. The monoisotopic (exact) mass is 114 g/mol. The van der Waals surface area contributed by atoms with Gasteiger partial charge in [-0.05, 0) is 6.42 Å². The lowest BCUT2D eigenvalue weighted by Gasteiger charge is -2.02. The number of rotatable bonds is 1. The molecule has 0 spiro atoms.